The second kappa shape index (κ2) is 3.74. The summed E-state index contributed by atoms with van der Waals surface area (Å²) in [5.41, 5.74) is 6.79. The second-order valence-electron chi connectivity index (χ2n) is 2.72. The molecule has 0 spiro atoms. The van der Waals surface area contributed by atoms with Gasteiger partial charge in [0.1, 0.15) is 0 Å². The summed E-state index contributed by atoms with van der Waals surface area (Å²) in [4.78, 5) is 0. The second-order valence-corrected chi connectivity index (χ2v) is 2.72. The van der Waals surface area contributed by atoms with E-state index in [1.807, 2.05) is 0 Å². The Morgan fingerprint density at radius 2 is 2.40 bits per heavy atom. The number of nitrogens with two attached hydrogens (primary N) is 1. The Morgan fingerprint density at radius 3 is 2.80 bits per heavy atom. The summed E-state index contributed by atoms with van der Waals surface area (Å²) >= 11 is 0. The largest absolute Gasteiger partial charge is 0.380 e. The summed E-state index contributed by atoms with van der Waals surface area (Å²) in [7, 11) is 1.73. The molecule has 0 aliphatic heterocycles. The molecule has 1 aliphatic carbocycles. The highest BCUT2D eigenvalue weighted by atomic mass is 16.5. The molecule has 0 aromatic carbocycles. The van der Waals surface area contributed by atoms with Gasteiger partial charge < -0.3 is 10.5 Å². The van der Waals surface area contributed by atoms with Crippen molar-refractivity contribution >= 4 is 0 Å². The Bertz CT molecular complexity index is 127. The fourth-order valence-corrected chi connectivity index (χ4v) is 1.12. The molecule has 0 bridgehead atoms. The van der Waals surface area contributed by atoms with E-state index in [-0.39, 0.29) is 0 Å². The Kier molecular flexibility index (Phi) is 2.90. The van der Waals surface area contributed by atoms with E-state index in [2.05, 4.69) is 6.08 Å². The molecule has 2 N–H and O–H groups in total. The molecule has 0 unspecified atom stereocenters. The molecule has 1 rings (SSSR count). The van der Waals surface area contributed by atoms with Gasteiger partial charge in [0.25, 0.3) is 0 Å². The van der Waals surface area contributed by atoms with Crippen LogP contribution in [0.2, 0.25) is 0 Å². The smallest absolute Gasteiger partial charge is 0.0676 e. The Balaban J connectivity index is 2.33. The van der Waals surface area contributed by atoms with E-state index in [1.165, 1.54) is 18.4 Å². The van der Waals surface area contributed by atoms with Crippen LogP contribution in [-0.2, 0) is 4.74 Å². The van der Waals surface area contributed by atoms with E-state index in [1.54, 1.807) is 7.11 Å². The minimum atomic E-state index is 0.648. The van der Waals surface area contributed by atoms with Gasteiger partial charge in [-0.15, -0.1) is 0 Å². The highest BCUT2D eigenvalue weighted by Gasteiger charge is 2.24. The molecule has 58 valence electrons. The third-order valence-corrected chi connectivity index (χ3v) is 1.79. The van der Waals surface area contributed by atoms with Crippen molar-refractivity contribution in [2.75, 3.05) is 20.3 Å². The van der Waals surface area contributed by atoms with Gasteiger partial charge in [-0.25, -0.2) is 0 Å². The van der Waals surface area contributed by atoms with Crippen LogP contribution in [0.3, 0.4) is 0 Å². The molecule has 2 nitrogen and oxygen atoms in total. The van der Waals surface area contributed by atoms with Crippen LogP contribution in [0.25, 0.3) is 0 Å². The highest BCUT2D eigenvalue weighted by Crippen LogP contribution is 2.36. The van der Waals surface area contributed by atoms with Gasteiger partial charge >= 0.3 is 0 Å². The molecule has 0 radical (unpaired) electrons. The zero-order valence-electron chi connectivity index (χ0n) is 6.47. The standard InChI is InChI=1S/C8H15NO/c1-10-6-8(4-5-9)7-2-3-7/h4,7H,2-3,5-6,9H2,1H3. The fraction of sp³-hybridized carbons (Fsp3) is 0.750. The topological polar surface area (TPSA) is 35.2 Å². The lowest BCUT2D eigenvalue weighted by molar-refractivity contribution is 0.221. The average Bonchev–Trinajstić information content (AvgIpc) is 2.69. The van der Waals surface area contributed by atoms with Crippen molar-refractivity contribution in [3.05, 3.63) is 11.6 Å². The minimum Gasteiger partial charge on any atom is -0.380 e. The van der Waals surface area contributed by atoms with Crippen LogP contribution in [0.15, 0.2) is 11.6 Å². The summed E-state index contributed by atoms with van der Waals surface area (Å²) in [6.45, 7) is 1.41. The lowest BCUT2D eigenvalue weighted by atomic mass is 10.2. The van der Waals surface area contributed by atoms with Crippen LogP contribution in [-0.4, -0.2) is 20.3 Å². The lowest BCUT2D eigenvalue weighted by Gasteiger charge is -2.02. The normalized spacial score (nSPS) is 19.6. The maximum absolute atomic E-state index is 5.39. The maximum Gasteiger partial charge on any atom is 0.0676 e. The van der Waals surface area contributed by atoms with Gasteiger partial charge in [0, 0.05) is 13.7 Å². The predicted octanol–water partition coefficient (Wildman–Crippen LogP) is 0.928. The molecule has 0 atom stereocenters. The van der Waals surface area contributed by atoms with Crippen molar-refractivity contribution in [2.24, 2.45) is 11.7 Å². The molecule has 1 fully saturated rings. The van der Waals surface area contributed by atoms with Crippen LogP contribution in [0.4, 0.5) is 0 Å². The summed E-state index contributed by atoms with van der Waals surface area (Å²) in [6, 6.07) is 0. The molecule has 1 aliphatic rings. The van der Waals surface area contributed by atoms with E-state index in [9.17, 15) is 0 Å². The molecule has 10 heavy (non-hydrogen) atoms. The van der Waals surface area contributed by atoms with Crippen molar-refractivity contribution in [2.45, 2.75) is 12.8 Å². The highest BCUT2D eigenvalue weighted by molar-refractivity contribution is 5.13. The van der Waals surface area contributed by atoms with E-state index in [0.29, 0.717) is 6.54 Å². The summed E-state index contributed by atoms with van der Waals surface area (Å²) in [5, 5.41) is 0. The number of hydrogen-bond acceptors (Lipinski definition) is 2. The molecule has 0 heterocycles. The molecule has 0 amide bonds. The number of ether oxygens (including phenoxy) is 1. The van der Waals surface area contributed by atoms with E-state index in [4.69, 9.17) is 10.5 Å². The maximum atomic E-state index is 5.39. The van der Waals surface area contributed by atoms with Crippen LogP contribution in [0.1, 0.15) is 12.8 Å². The fourth-order valence-electron chi connectivity index (χ4n) is 1.12. The van der Waals surface area contributed by atoms with Crippen LogP contribution < -0.4 is 5.73 Å². The number of methoxy groups -OCH3 is 1. The summed E-state index contributed by atoms with van der Waals surface area (Å²) < 4.78 is 5.03. The third-order valence-electron chi connectivity index (χ3n) is 1.79. The third kappa shape index (κ3) is 2.12. The number of rotatable bonds is 4. The van der Waals surface area contributed by atoms with Crippen molar-refractivity contribution in [1.82, 2.24) is 0 Å². The SMILES string of the molecule is COCC(=CCN)C1CC1. The monoisotopic (exact) mass is 141 g/mol. The first kappa shape index (κ1) is 7.76. The van der Waals surface area contributed by atoms with Crippen molar-refractivity contribution in [3.8, 4) is 0 Å². The van der Waals surface area contributed by atoms with Gasteiger partial charge in [-0.1, -0.05) is 6.08 Å². The van der Waals surface area contributed by atoms with Gasteiger partial charge in [0.15, 0.2) is 0 Å². The lowest BCUT2D eigenvalue weighted by Crippen LogP contribution is -2.01. The zero-order valence-corrected chi connectivity index (χ0v) is 6.47. The minimum absolute atomic E-state index is 0.648. The van der Waals surface area contributed by atoms with Crippen LogP contribution >= 0.6 is 0 Å². The Morgan fingerprint density at radius 1 is 1.70 bits per heavy atom. The summed E-state index contributed by atoms with van der Waals surface area (Å²) in [6.07, 6.45) is 4.74. The average molecular weight is 141 g/mol. The van der Waals surface area contributed by atoms with Gasteiger partial charge in [-0.05, 0) is 24.3 Å². The van der Waals surface area contributed by atoms with Crippen molar-refractivity contribution in [3.63, 3.8) is 0 Å². The van der Waals surface area contributed by atoms with E-state index >= 15 is 0 Å². The van der Waals surface area contributed by atoms with Gasteiger partial charge in [-0.2, -0.15) is 0 Å². The molecule has 0 aromatic heterocycles. The van der Waals surface area contributed by atoms with Crippen LogP contribution in [0, 0.1) is 5.92 Å². The van der Waals surface area contributed by atoms with Crippen molar-refractivity contribution < 1.29 is 4.74 Å². The Hall–Kier alpha value is -0.340. The quantitative estimate of drug-likeness (QED) is 0.591. The molecule has 0 saturated heterocycles. The van der Waals surface area contributed by atoms with Gasteiger partial charge in [0.2, 0.25) is 0 Å². The molecule has 1 saturated carbocycles. The van der Waals surface area contributed by atoms with E-state index in [0.717, 1.165) is 12.5 Å². The molecule has 0 aromatic rings. The zero-order chi connectivity index (χ0) is 7.40. The molecular formula is C8H15NO. The first-order valence-electron chi connectivity index (χ1n) is 3.76. The Labute approximate surface area is 62.1 Å². The van der Waals surface area contributed by atoms with Crippen LogP contribution in [0.5, 0.6) is 0 Å². The van der Waals surface area contributed by atoms with E-state index < -0.39 is 0 Å². The first-order valence-corrected chi connectivity index (χ1v) is 3.76. The predicted molar refractivity (Wildman–Crippen MR) is 41.7 cm³/mol. The van der Waals surface area contributed by atoms with Crippen molar-refractivity contribution in [1.29, 1.82) is 0 Å². The summed E-state index contributed by atoms with van der Waals surface area (Å²) in [5.74, 6) is 0.795. The number of hydrogen-bond donors (Lipinski definition) is 1. The van der Waals surface area contributed by atoms with Gasteiger partial charge in [-0.3, -0.25) is 0 Å². The van der Waals surface area contributed by atoms with Gasteiger partial charge in [0.05, 0.1) is 6.61 Å². The molecular weight excluding hydrogens is 126 g/mol. The molecule has 2 heteroatoms. The first-order chi connectivity index (χ1) is 4.88.